The van der Waals surface area contributed by atoms with Crippen LogP contribution < -0.4 is 15.4 Å². The molecule has 4 aromatic rings. The molecular weight excluding hydrogens is 481 g/mol. The Kier molecular flexibility index (Phi) is 5.75. The van der Waals surface area contributed by atoms with E-state index in [1.165, 1.54) is 23.5 Å². The maximum Gasteiger partial charge on any atom is 0.255 e. The van der Waals surface area contributed by atoms with E-state index in [4.69, 9.17) is 10.2 Å². The fraction of sp³-hybridized carbons (Fsp3) is 0.222. The number of sulfonamides is 1. The lowest BCUT2D eigenvalue weighted by Gasteiger charge is -2.26. The number of furan rings is 1. The van der Waals surface area contributed by atoms with Gasteiger partial charge >= 0.3 is 0 Å². The summed E-state index contributed by atoms with van der Waals surface area (Å²) in [6.45, 7) is 1.82. The zero-order valence-corrected chi connectivity index (χ0v) is 20.9. The van der Waals surface area contributed by atoms with Crippen LogP contribution in [0.3, 0.4) is 0 Å². The third kappa shape index (κ3) is 4.19. The number of benzene rings is 3. The Morgan fingerprint density at radius 3 is 2.39 bits per heavy atom. The van der Waals surface area contributed by atoms with E-state index in [-0.39, 0.29) is 17.6 Å². The first-order valence-corrected chi connectivity index (χ1v) is 13.4. The van der Waals surface area contributed by atoms with E-state index in [9.17, 15) is 17.6 Å². The van der Waals surface area contributed by atoms with Crippen molar-refractivity contribution in [2.75, 3.05) is 23.3 Å². The number of nitrogen functional groups attached to an aromatic ring is 1. The van der Waals surface area contributed by atoms with Gasteiger partial charge in [-0.15, -0.1) is 0 Å². The van der Waals surface area contributed by atoms with Crippen LogP contribution in [0, 0.1) is 12.7 Å². The number of nitrogens with two attached hydrogens (primary N) is 1. The summed E-state index contributed by atoms with van der Waals surface area (Å²) in [6.07, 6.45) is 2.98. The highest BCUT2D eigenvalue weighted by molar-refractivity contribution is 7.92. The summed E-state index contributed by atoms with van der Waals surface area (Å²) in [6, 6.07) is 14.3. The highest BCUT2D eigenvalue weighted by Gasteiger charge is 2.34. The fourth-order valence-electron chi connectivity index (χ4n) is 4.50. The molecule has 0 spiro atoms. The normalized spacial score (nSPS) is 13.7. The Balaban J connectivity index is 1.80. The van der Waals surface area contributed by atoms with Crippen LogP contribution in [0.5, 0.6) is 0 Å². The molecule has 3 aromatic carbocycles. The van der Waals surface area contributed by atoms with E-state index in [1.807, 2.05) is 13.0 Å². The van der Waals surface area contributed by atoms with Gasteiger partial charge in [0.25, 0.3) is 5.91 Å². The van der Waals surface area contributed by atoms with Gasteiger partial charge in [-0.3, -0.25) is 4.79 Å². The molecule has 1 heterocycles. The van der Waals surface area contributed by atoms with E-state index >= 15 is 0 Å². The Morgan fingerprint density at radius 2 is 1.81 bits per heavy atom. The first-order chi connectivity index (χ1) is 17.1. The number of hydrogen-bond donors (Lipinski definition) is 2. The summed E-state index contributed by atoms with van der Waals surface area (Å²) in [5.74, 6) is -0.309. The van der Waals surface area contributed by atoms with Crippen LogP contribution in [0.4, 0.5) is 21.5 Å². The number of hydrogen-bond acceptors (Lipinski definition) is 5. The smallest absolute Gasteiger partial charge is 0.255 e. The molecule has 1 amide bonds. The van der Waals surface area contributed by atoms with Crippen molar-refractivity contribution in [1.82, 2.24) is 5.32 Å². The molecule has 0 atom stereocenters. The monoisotopic (exact) mass is 507 g/mol. The number of fused-ring (bicyclic) bond motifs is 1. The standard InChI is InChI=1S/C27H26FN3O4S/c1-15-12-19(10-11-22(15)29)31(36(3,33)34)23-14-24-21(13-20(23)16-4-5-16)25(27(32)30-2)26(35-24)17-6-8-18(28)9-7-17/h6-14,16H,4-5,29H2,1-3H3,(H,30,32). The number of halogens is 1. The number of carbonyl (C=O) groups excluding carboxylic acids is 1. The minimum Gasteiger partial charge on any atom is -0.455 e. The minimum absolute atomic E-state index is 0.158. The predicted molar refractivity (Wildman–Crippen MR) is 140 cm³/mol. The number of rotatable bonds is 6. The van der Waals surface area contributed by atoms with Gasteiger partial charge in [-0.2, -0.15) is 0 Å². The maximum absolute atomic E-state index is 13.6. The van der Waals surface area contributed by atoms with Gasteiger partial charge in [0.2, 0.25) is 10.0 Å². The summed E-state index contributed by atoms with van der Waals surface area (Å²) in [5.41, 5.74) is 10.3. The van der Waals surface area contributed by atoms with Gasteiger partial charge in [0, 0.05) is 29.8 Å². The van der Waals surface area contributed by atoms with Gasteiger partial charge in [-0.05, 0) is 85.3 Å². The van der Waals surface area contributed by atoms with Crippen molar-refractivity contribution in [3.8, 4) is 11.3 Å². The highest BCUT2D eigenvalue weighted by atomic mass is 32.2. The van der Waals surface area contributed by atoms with E-state index < -0.39 is 15.8 Å². The van der Waals surface area contributed by atoms with Gasteiger partial charge in [0.1, 0.15) is 17.2 Å². The Morgan fingerprint density at radius 1 is 1.11 bits per heavy atom. The van der Waals surface area contributed by atoms with Gasteiger partial charge in [0.05, 0.1) is 23.2 Å². The Hall–Kier alpha value is -3.85. The molecule has 1 aromatic heterocycles. The van der Waals surface area contributed by atoms with E-state index in [2.05, 4.69) is 5.32 Å². The molecule has 0 radical (unpaired) electrons. The molecule has 0 aliphatic heterocycles. The van der Waals surface area contributed by atoms with Crippen molar-refractivity contribution in [2.24, 2.45) is 0 Å². The number of nitrogens with zero attached hydrogens (tertiary/aromatic N) is 1. The predicted octanol–water partition coefficient (Wildman–Crippen LogP) is 5.46. The molecule has 36 heavy (non-hydrogen) atoms. The largest absolute Gasteiger partial charge is 0.455 e. The number of nitrogens with one attached hydrogen (secondary N) is 1. The number of aryl methyl sites for hydroxylation is 1. The van der Waals surface area contributed by atoms with Gasteiger partial charge < -0.3 is 15.5 Å². The molecule has 1 fully saturated rings. The zero-order valence-electron chi connectivity index (χ0n) is 20.1. The summed E-state index contributed by atoms with van der Waals surface area (Å²) < 4.78 is 47.2. The average molecular weight is 508 g/mol. The van der Waals surface area contributed by atoms with E-state index in [0.29, 0.717) is 39.2 Å². The summed E-state index contributed by atoms with van der Waals surface area (Å²) in [5, 5.41) is 3.22. The van der Waals surface area contributed by atoms with Crippen molar-refractivity contribution in [3.63, 3.8) is 0 Å². The van der Waals surface area contributed by atoms with Crippen molar-refractivity contribution < 1.29 is 22.0 Å². The molecule has 0 unspecified atom stereocenters. The molecule has 1 saturated carbocycles. The molecule has 1 aliphatic carbocycles. The Labute approximate surface area is 208 Å². The highest BCUT2D eigenvalue weighted by Crippen LogP contribution is 2.49. The summed E-state index contributed by atoms with van der Waals surface area (Å²) >= 11 is 0. The summed E-state index contributed by atoms with van der Waals surface area (Å²) in [4.78, 5) is 13.0. The number of amides is 1. The second-order valence-corrected chi connectivity index (χ2v) is 11.0. The van der Waals surface area contributed by atoms with Crippen LogP contribution in [0.1, 0.15) is 40.2 Å². The lowest BCUT2D eigenvalue weighted by molar-refractivity contribution is 0.0964. The van der Waals surface area contributed by atoms with Gasteiger partial charge in [0.15, 0.2) is 0 Å². The van der Waals surface area contributed by atoms with Gasteiger partial charge in [-0.25, -0.2) is 17.1 Å². The first-order valence-electron chi connectivity index (χ1n) is 11.5. The van der Waals surface area contributed by atoms with Crippen LogP contribution >= 0.6 is 0 Å². The molecule has 7 nitrogen and oxygen atoms in total. The van der Waals surface area contributed by atoms with Crippen LogP contribution in [-0.4, -0.2) is 27.6 Å². The second kappa shape index (κ2) is 8.67. The average Bonchev–Trinajstić information content (AvgIpc) is 3.61. The van der Waals surface area contributed by atoms with E-state index in [1.54, 1.807) is 36.4 Å². The van der Waals surface area contributed by atoms with Crippen LogP contribution in [0.2, 0.25) is 0 Å². The van der Waals surface area contributed by atoms with Gasteiger partial charge in [-0.1, -0.05) is 0 Å². The van der Waals surface area contributed by atoms with E-state index in [0.717, 1.165) is 30.2 Å². The quantitative estimate of drug-likeness (QED) is 0.337. The number of carbonyl (C=O) groups is 1. The van der Waals surface area contributed by atoms with Crippen LogP contribution in [0.25, 0.3) is 22.3 Å². The number of anilines is 3. The minimum atomic E-state index is -3.75. The topological polar surface area (TPSA) is 106 Å². The molecule has 5 rings (SSSR count). The van der Waals surface area contributed by atoms with Crippen molar-refractivity contribution in [2.45, 2.75) is 25.7 Å². The molecule has 3 N–H and O–H groups in total. The van der Waals surface area contributed by atoms with Crippen molar-refractivity contribution >= 4 is 44.0 Å². The molecule has 186 valence electrons. The lowest BCUT2D eigenvalue weighted by Crippen LogP contribution is -2.26. The molecule has 0 bridgehead atoms. The van der Waals surface area contributed by atoms with Crippen LogP contribution in [0.15, 0.2) is 59.0 Å². The first kappa shape index (κ1) is 23.9. The third-order valence-electron chi connectivity index (χ3n) is 6.45. The molecule has 0 saturated heterocycles. The molecule has 1 aliphatic rings. The second-order valence-electron chi connectivity index (χ2n) is 9.14. The Bertz CT molecular complexity index is 1610. The summed E-state index contributed by atoms with van der Waals surface area (Å²) in [7, 11) is -2.22. The van der Waals surface area contributed by atoms with Crippen LogP contribution in [-0.2, 0) is 10.0 Å². The van der Waals surface area contributed by atoms with Crippen molar-refractivity contribution in [1.29, 1.82) is 0 Å². The molecular formula is C27H26FN3O4S. The maximum atomic E-state index is 13.6. The zero-order chi connectivity index (χ0) is 25.8. The third-order valence-corrected chi connectivity index (χ3v) is 7.52. The van der Waals surface area contributed by atoms with Crippen molar-refractivity contribution in [3.05, 3.63) is 77.1 Å². The fourth-order valence-corrected chi connectivity index (χ4v) is 5.51. The molecule has 9 heteroatoms. The lowest BCUT2D eigenvalue weighted by atomic mass is 10.00. The SMILES string of the molecule is CNC(=O)c1c(-c2ccc(F)cc2)oc2cc(N(c3ccc(N)c(C)c3)S(C)(=O)=O)c(C3CC3)cc12.